The highest BCUT2D eigenvalue weighted by molar-refractivity contribution is 7.86. The Balaban J connectivity index is 1.76. The summed E-state index contributed by atoms with van der Waals surface area (Å²) in [6.45, 7) is 3.38. The van der Waals surface area contributed by atoms with Crippen LogP contribution >= 0.6 is 0 Å². The SMILES string of the molecule is COc1ccc([C@H](C)[C@@H](O)COS(=O)(=O)c2ccc(C)cc2)c2cc[nH]c12. The maximum absolute atomic E-state index is 12.3. The molecule has 0 saturated carbocycles. The van der Waals surface area contributed by atoms with E-state index in [2.05, 4.69) is 4.98 Å². The number of rotatable bonds is 7. The Bertz CT molecular complexity index is 1020. The lowest BCUT2D eigenvalue weighted by Crippen LogP contribution is -2.24. The van der Waals surface area contributed by atoms with Gasteiger partial charge in [-0.1, -0.05) is 30.7 Å². The Labute approximate surface area is 158 Å². The smallest absolute Gasteiger partial charge is 0.297 e. The molecular formula is C20H23NO5S. The number of aliphatic hydroxyl groups is 1. The molecule has 7 heteroatoms. The van der Waals surface area contributed by atoms with E-state index in [0.717, 1.165) is 22.0 Å². The highest BCUT2D eigenvalue weighted by Gasteiger charge is 2.23. The standard InChI is InChI=1S/C20H23NO5S/c1-13-4-6-15(7-5-13)27(23,24)26-12-18(22)14(2)16-8-9-19(25-3)20-17(16)10-11-21-20/h4-11,14,18,21-22H,12H2,1-3H3/t14-,18-/m0/s1. The number of hydrogen-bond acceptors (Lipinski definition) is 5. The molecule has 0 fully saturated rings. The van der Waals surface area contributed by atoms with E-state index >= 15 is 0 Å². The molecule has 27 heavy (non-hydrogen) atoms. The van der Waals surface area contributed by atoms with Crippen LogP contribution in [0.15, 0.2) is 53.6 Å². The quantitative estimate of drug-likeness (QED) is 0.605. The molecule has 0 aliphatic rings. The third kappa shape index (κ3) is 4.00. The number of benzene rings is 2. The van der Waals surface area contributed by atoms with Gasteiger partial charge in [0.05, 0.1) is 30.2 Å². The monoisotopic (exact) mass is 389 g/mol. The lowest BCUT2D eigenvalue weighted by molar-refractivity contribution is 0.0916. The summed E-state index contributed by atoms with van der Waals surface area (Å²) in [5.74, 6) is 0.376. The van der Waals surface area contributed by atoms with Gasteiger partial charge in [0.25, 0.3) is 10.1 Å². The first-order valence-corrected chi connectivity index (χ1v) is 10.0. The Hall–Kier alpha value is -2.35. The number of methoxy groups -OCH3 is 1. The maximum Gasteiger partial charge on any atom is 0.297 e. The van der Waals surface area contributed by atoms with Gasteiger partial charge in [0, 0.05) is 17.5 Å². The molecule has 0 unspecified atom stereocenters. The molecule has 6 nitrogen and oxygen atoms in total. The van der Waals surface area contributed by atoms with Crippen molar-refractivity contribution in [2.75, 3.05) is 13.7 Å². The van der Waals surface area contributed by atoms with Crippen LogP contribution in [0.5, 0.6) is 5.75 Å². The van der Waals surface area contributed by atoms with Gasteiger partial charge in [0.15, 0.2) is 0 Å². The number of fused-ring (bicyclic) bond motifs is 1. The molecule has 0 spiro atoms. The highest BCUT2D eigenvalue weighted by Crippen LogP contribution is 2.33. The van der Waals surface area contributed by atoms with Crippen LogP contribution in [0.4, 0.5) is 0 Å². The van der Waals surface area contributed by atoms with Crippen molar-refractivity contribution in [3.8, 4) is 5.75 Å². The van der Waals surface area contributed by atoms with Gasteiger partial charge in [-0.05, 0) is 36.8 Å². The van der Waals surface area contributed by atoms with E-state index < -0.39 is 16.2 Å². The fraction of sp³-hybridized carbons (Fsp3) is 0.300. The molecule has 0 saturated heterocycles. The van der Waals surface area contributed by atoms with E-state index in [1.165, 1.54) is 12.1 Å². The molecule has 1 aromatic heterocycles. The number of aryl methyl sites for hydroxylation is 1. The van der Waals surface area contributed by atoms with Crippen LogP contribution in [0.2, 0.25) is 0 Å². The number of aromatic nitrogens is 1. The van der Waals surface area contributed by atoms with E-state index in [1.54, 1.807) is 25.4 Å². The number of ether oxygens (including phenoxy) is 1. The summed E-state index contributed by atoms with van der Waals surface area (Å²) in [5, 5.41) is 11.4. The van der Waals surface area contributed by atoms with Crippen molar-refractivity contribution < 1.29 is 22.4 Å². The van der Waals surface area contributed by atoms with Crippen molar-refractivity contribution in [1.82, 2.24) is 4.98 Å². The minimum absolute atomic E-state index is 0.0745. The predicted octanol–water partition coefficient (Wildman–Crippen LogP) is 3.35. The number of aliphatic hydroxyl groups excluding tert-OH is 1. The van der Waals surface area contributed by atoms with E-state index in [0.29, 0.717) is 5.75 Å². The number of hydrogen-bond donors (Lipinski definition) is 2. The fourth-order valence-electron chi connectivity index (χ4n) is 3.00. The molecule has 0 aliphatic heterocycles. The predicted molar refractivity (Wildman–Crippen MR) is 104 cm³/mol. The summed E-state index contributed by atoms with van der Waals surface area (Å²) in [4.78, 5) is 3.20. The average Bonchev–Trinajstić information content (AvgIpc) is 3.15. The average molecular weight is 389 g/mol. The van der Waals surface area contributed by atoms with E-state index in [9.17, 15) is 13.5 Å². The van der Waals surface area contributed by atoms with Gasteiger partial charge >= 0.3 is 0 Å². The molecule has 1 heterocycles. The molecule has 2 aromatic carbocycles. The lowest BCUT2D eigenvalue weighted by Gasteiger charge is -2.20. The second-order valence-corrected chi connectivity index (χ2v) is 8.15. The summed E-state index contributed by atoms with van der Waals surface area (Å²) >= 11 is 0. The van der Waals surface area contributed by atoms with Gasteiger partial charge in [0.2, 0.25) is 0 Å². The molecule has 0 aliphatic carbocycles. The normalized spacial score (nSPS) is 14.2. The zero-order valence-corrected chi connectivity index (χ0v) is 16.3. The number of nitrogens with one attached hydrogen (secondary N) is 1. The highest BCUT2D eigenvalue weighted by atomic mass is 32.2. The zero-order chi connectivity index (χ0) is 19.6. The van der Waals surface area contributed by atoms with Crippen molar-refractivity contribution in [2.24, 2.45) is 0 Å². The Morgan fingerprint density at radius 3 is 2.48 bits per heavy atom. The van der Waals surface area contributed by atoms with Gasteiger partial charge in [-0.25, -0.2) is 0 Å². The van der Waals surface area contributed by atoms with Crippen LogP contribution in [0.25, 0.3) is 10.9 Å². The van der Waals surface area contributed by atoms with Gasteiger partial charge in [-0.2, -0.15) is 8.42 Å². The molecule has 3 aromatic rings. The molecule has 2 atom stereocenters. The van der Waals surface area contributed by atoms with Crippen LogP contribution in [0, 0.1) is 6.92 Å². The first kappa shape index (κ1) is 19.4. The first-order chi connectivity index (χ1) is 12.8. The lowest BCUT2D eigenvalue weighted by atomic mass is 9.93. The topological polar surface area (TPSA) is 88.6 Å². The maximum atomic E-state index is 12.3. The Kier molecular flexibility index (Phi) is 5.55. The number of aromatic amines is 1. The van der Waals surface area contributed by atoms with Crippen molar-refractivity contribution in [3.05, 3.63) is 59.8 Å². The second-order valence-electron chi connectivity index (χ2n) is 6.53. The summed E-state index contributed by atoms with van der Waals surface area (Å²) in [6, 6.07) is 12.0. The largest absolute Gasteiger partial charge is 0.495 e. The van der Waals surface area contributed by atoms with Crippen molar-refractivity contribution in [3.63, 3.8) is 0 Å². The van der Waals surface area contributed by atoms with Crippen molar-refractivity contribution >= 4 is 21.0 Å². The van der Waals surface area contributed by atoms with E-state index in [1.807, 2.05) is 32.0 Å². The molecule has 0 radical (unpaired) electrons. The van der Waals surface area contributed by atoms with Crippen LogP contribution in [-0.4, -0.2) is 38.3 Å². The van der Waals surface area contributed by atoms with Gasteiger partial charge in [0.1, 0.15) is 5.75 Å². The van der Waals surface area contributed by atoms with E-state index in [-0.39, 0.29) is 17.4 Å². The van der Waals surface area contributed by atoms with Gasteiger partial charge < -0.3 is 14.8 Å². The minimum atomic E-state index is -3.92. The fourth-order valence-corrected chi connectivity index (χ4v) is 3.93. The molecular weight excluding hydrogens is 366 g/mol. The third-order valence-electron chi connectivity index (χ3n) is 4.71. The summed E-state index contributed by atoms with van der Waals surface area (Å²) in [6.07, 6.45) is 0.811. The zero-order valence-electron chi connectivity index (χ0n) is 15.5. The van der Waals surface area contributed by atoms with Gasteiger partial charge in [-0.15, -0.1) is 0 Å². The Morgan fingerprint density at radius 2 is 1.81 bits per heavy atom. The molecule has 3 rings (SSSR count). The minimum Gasteiger partial charge on any atom is -0.495 e. The third-order valence-corrected chi connectivity index (χ3v) is 6.01. The van der Waals surface area contributed by atoms with Crippen LogP contribution < -0.4 is 4.74 Å². The molecule has 2 N–H and O–H groups in total. The van der Waals surface area contributed by atoms with Crippen molar-refractivity contribution in [1.29, 1.82) is 0 Å². The van der Waals surface area contributed by atoms with Crippen molar-refractivity contribution in [2.45, 2.75) is 30.8 Å². The molecule has 144 valence electrons. The van der Waals surface area contributed by atoms with Gasteiger partial charge in [-0.3, -0.25) is 4.18 Å². The summed E-state index contributed by atoms with van der Waals surface area (Å²) in [7, 11) is -2.32. The van der Waals surface area contributed by atoms with Crippen LogP contribution in [0.1, 0.15) is 24.0 Å². The molecule has 0 amide bonds. The Morgan fingerprint density at radius 1 is 1.11 bits per heavy atom. The first-order valence-electron chi connectivity index (χ1n) is 8.61. The molecule has 0 bridgehead atoms. The van der Waals surface area contributed by atoms with Crippen LogP contribution in [0.3, 0.4) is 0 Å². The summed E-state index contributed by atoms with van der Waals surface area (Å²) < 4.78 is 35.0. The second kappa shape index (κ2) is 7.72. The summed E-state index contributed by atoms with van der Waals surface area (Å²) in [5.41, 5.74) is 2.68. The van der Waals surface area contributed by atoms with E-state index in [4.69, 9.17) is 8.92 Å². The van der Waals surface area contributed by atoms with Crippen LogP contribution in [-0.2, 0) is 14.3 Å². The number of H-pyrrole nitrogens is 1.